The third-order valence-corrected chi connectivity index (χ3v) is 4.97. The number of urea groups is 1. The normalized spacial score (nSPS) is 16.7. The van der Waals surface area contributed by atoms with Crippen LogP contribution in [0.4, 0.5) is 16.2 Å². The van der Waals surface area contributed by atoms with Crippen LogP contribution in [-0.2, 0) is 16.1 Å². The van der Waals surface area contributed by atoms with Crippen molar-refractivity contribution in [3.05, 3.63) is 59.7 Å². The summed E-state index contributed by atoms with van der Waals surface area (Å²) < 4.78 is 5.37. The molecule has 2 aliphatic heterocycles. The number of amides is 4. The highest BCUT2D eigenvalue weighted by atomic mass is 16.5. The molecule has 150 valence electrons. The van der Waals surface area contributed by atoms with Crippen LogP contribution in [0, 0.1) is 0 Å². The van der Waals surface area contributed by atoms with Crippen LogP contribution in [0.3, 0.4) is 0 Å². The molecule has 0 radical (unpaired) electrons. The van der Waals surface area contributed by atoms with E-state index in [0.29, 0.717) is 16.8 Å². The van der Waals surface area contributed by atoms with E-state index in [2.05, 4.69) is 15.5 Å². The third kappa shape index (κ3) is 4.38. The van der Waals surface area contributed by atoms with Gasteiger partial charge in [-0.25, -0.2) is 4.79 Å². The first-order valence-electron chi connectivity index (χ1n) is 9.51. The number of carbonyl (C=O) groups excluding carboxylic acids is 3. The molecule has 2 N–H and O–H groups in total. The highest BCUT2D eigenvalue weighted by Crippen LogP contribution is 2.20. The number of rotatable bonds is 5. The maximum absolute atomic E-state index is 12.6. The fourth-order valence-electron chi connectivity index (χ4n) is 3.39. The molecule has 4 rings (SSSR count). The predicted molar refractivity (Wildman–Crippen MR) is 108 cm³/mol. The van der Waals surface area contributed by atoms with Crippen molar-refractivity contribution in [2.45, 2.75) is 6.54 Å². The monoisotopic (exact) mass is 394 g/mol. The van der Waals surface area contributed by atoms with Crippen molar-refractivity contribution in [3.63, 3.8) is 0 Å². The Morgan fingerprint density at radius 1 is 1.07 bits per heavy atom. The maximum atomic E-state index is 12.6. The van der Waals surface area contributed by atoms with Crippen molar-refractivity contribution in [1.29, 1.82) is 0 Å². The Morgan fingerprint density at radius 3 is 2.52 bits per heavy atom. The molecular formula is C21H22N4O4. The first-order chi connectivity index (χ1) is 14.1. The van der Waals surface area contributed by atoms with Gasteiger partial charge in [0, 0.05) is 30.0 Å². The number of carbonyl (C=O) groups is 3. The van der Waals surface area contributed by atoms with Crippen LogP contribution in [0.15, 0.2) is 48.5 Å². The second kappa shape index (κ2) is 8.32. The first kappa shape index (κ1) is 18.9. The standard InChI is InChI=1S/C21H22N4O4/c26-19-13-22-21(28)25(19)14-15-2-1-3-16(12-15)20(27)23-17-4-6-18(7-5-17)24-8-10-29-11-9-24/h1-7,12H,8-11,13-14H2,(H,22,28)(H,23,27). The van der Waals surface area contributed by atoms with Crippen LogP contribution in [0.2, 0.25) is 0 Å². The first-order valence-corrected chi connectivity index (χ1v) is 9.51. The Bertz CT molecular complexity index is 907. The van der Waals surface area contributed by atoms with Crippen molar-refractivity contribution in [2.75, 3.05) is 43.1 Å². The average molecular weight is 394 g/mol. The summed E-state index contributed by atoms with van der Waals surface area (Å²) in [6, 6.07) is 14.2. The zero-order chi connectivity index (χ0) is 20.2. The van der Waals surface area contributed by atoms with Gasteiger partial charge < -0.3 is 20.3 Å². The molecule has 4 amide bonds. The van der Waals surface area contributed by atoms with Gasteiger partial charge in [-0.3, -0.25) is 14.5 Å². The number of imide groups is 1. The van der Waals surface area contributed by atoms with E-state index in [1.54, 1.807) is 24.3 Å². The topological polar surface area (TPSA) is 91.0 Å². The summed E-state index contributed by atoms with van der Waals surface area (Å²) in [5.74, 6) is -0.520. The Hall–Kier alpha value is -3.39. The van der Waals surface area contributed by atoms with Crippen molar-refractivity contribution >= 4 is 29.2 Å². The van der Waals surface area contributed by atoms with Gasteiger partial charge >= 0.3 is 6.03 Å². The molecule has 0 saturated carbocycles. The highest BCUT2D eigenvalue weighted by molar-refractivity contribution is 6.04. The minimum Gasteiger partial charge on any atom is -0.378 e. The van der Waals surface area contributed by atoms with Crippen LogP contribution in [0.5, 0.6) is 0 Å². The second-order valence-electron chi connectivity index (χ2n) is 6.94. The Balaban J connectivity index is 1.40. The second-order valence-corrected chi connectivity index (χ2v) is 6.94. The lowest BCUT2D eigenvalue weighted by Gasteiger charge is -2.28. The summed E-state index contributed by atoms with van der Waals surface area (Å²) in [7, 11) is 0. The van der Waals surface area contributed by atoms with E-state index >= 15 is 0 Å². The number of morpholine rings is 1. The van der Waals surface area contributed by atoms with Crippen LogP contribution in [0.1, 0.15) is 15.9 Å². The number of nitrogens with one attached hydrogen (secondary N) is 2. The van der Waals surface area contributed by atoms with Gasteiger partial charge in [0.05, 0.1) is 26.3 Å². The molecule has 0 aromatic heterocycles. The molecular weight excluding hydrogens is 372 g/mol. The minimum atomic E-state index is -0.412. The zero-order valence-electron chi connectivity index (χ0n) is 15.9. The fourth-order valence-corrected chi connectivity index (χ4v) is 3.39. The number of benzene rings is 2. The van der Waals surface area contributed by atoms with E-state index in [4.69, 9.17) is 4.74 Å². The van der Waals surface area contributed by atoms with E-state index in [1.165, 1.54) is 0 Å². The van der Waals surface area contributed by atoms with Gasteiger partial charge in [0.2, 0.25) is 5.91 Å². The molecule has 0 bridgehead atoms. The third-order valence-electron chi connectivity index (χ3n) is 4.97. The molecule has 0 atom stereocenters. The van der Waals surface area contributed by atoms with E-state index < -0.39 is 6.03 Å². The largest absolute Gasteiger partial charge is 0.378 e. The van der Waals surface area contributed by atoms with Gasteiger partial charge in [-0.05, 0) is 42.0 Å². The lowest BCUT2D eigenvalue weighted by atomic mass is 10.1. The van der Waals surface area contributed by atoms with E-state index in [-0.39, 0.29) is 24.9 Å². The molecule has 2 saturated heterocycles. The molecule has 2 heterocycles. The number of hydrogen-bond acceptors (Lipinski definition) is 5. The smallest absolute Gasteiger partial charge is 0.324 e. The summed E-state index contributed by atoms with van der Waals surface area (Å²) in [6.07, 6.45) is 0. The minimum absolute atomic E-state index is 0.0134. The Labute approximate surface area is 168 Å². The van der Waals surface area contributed by atoms with Crippen LogP contribution in [-0.4, -0.2) is 55.6 Å². The zero-order valence-corrected chi connectivity index (χ0v) is 15.9. The molecule has 8 heteroatoms. The Morgan fingerprint density at radius 2 is 1.83 bits per heavy atom. The molecule has 2 aliphatic rings. The number of anilines is 2. The molecule has 0 unspecified atom stereocenters. The lowest BCUT2D eigenvalue weighted by molar-refractivity contribution is -0.125. The molecule has 2 fully saturated rings. The predicted octanol–water partition coefficient (Wildman–Crippen LogP) is 1.83. The lowest BCUT2D eigenvalue weighted by Crippen LogP contribution is -2.36. The van der Waals surface area contributed by atoms with Crippen molar-refractivity contribution < 1.29 is 19.1 Å². The van der Waals surface area contributed by atoms with E-state index in [0.717, 1.165) is 36.9 Å². The van der Waals surface area contributed by atoms with Gasteiger partial charge in [-0.2, -0.15) is 0 Å². The fraction of sp³-hybridized carbons (Fsp3) is 0.286. The number of hydrogen-bond donors (Lipinski definition) is 2. The molecule has 8 nitrogen and oxygen atoms in total. The Kier molecular flexibility index (Phi) is 5.44. The highest BCUT2D eigenvalue weighted by Gasteiger charge is 2.28. The average Bonchev–Trinajstić information content (AvgIpc) is 3.07. The molecule has 2 aromatic rings. The van der Waals surface area contributed by atoms with Gasteiger partial charge in [0.1, 0.15) is 0 Å². The van der Waals surface area contributed by atoms with Gasteiger partial charge in [-0.1, -0.05) is 12.1 Å². The summed E-state index contributed by atoms with van der Waals surface area (Å²) >= 11 is 0. The number of nitrogens with zero attached hydrogens (tertiary/aromatic N) is 2. The van der Waals surface area contributed by atoms with Gasteiger partial charge in [0.25, 0.3) is 5.91 Å². The molecule has 29 heavy (non-hydrogen) atoms. The molecule has 0 spiro atoms. The summed E-state index contributed by atoms with van der Waals surface area (Å²) in [5, 5.41) is 5.37. The SMILES string of the molecule is O=C(Nc1ccc(N2CCOCC2)cc1)c1cccc(CN2C(=O)CNC2=O)c1. The van der Waals surface area contributed by atoms with Crippen LogP contribution >= 0.6 is 0 Å². The van der Waals surface area contributed by atoms with Crippen molar-refractivity contribution in [3.8, 4) is 0 Å². The quantitative estimate of drug-likeness (QED) is 0.755. The van der Waals surface area contributed by atoms with E-state index in [9.17, 15) is 14.4 Å². The van der Waals surface area contributed by atoms with Crippen LogP contribution in [0.25, 0.3) is 0 Å². The molecule has 2 aromatic carbocycles. The number of ether oxygens (including phenoxy) is 1. The summed E-state index contributed by atoms with van der Waals surface area (Å²) in [5.41, 5.74) is 2.98. The van der Waals surface area contributed by atoms with Crippen molar-refractivity contribution in [2.24, 2.45) is 0 Å². The summed E-state index contributed by atoms with van der Waals surface area (Å²) in [4.78, 5) is 39.4. The molecule has 0 aliphatic carbocycles. The summed E-state index contributed by atoms with van der Waals surface area (Å²) in [6.45, 7) is 3.31. The van der Waals surface area contributed by atoms with Gasteiger partial charge in [-0.15, -0.1) is 0 Å². The van der Waals surface area contributed by atoms with Crippen LogP contribution < -0.4 is 15.5 Å². The van der Waals surface area contributed by atoms with E-state index in [1.807, 2.05) is 24.3 Å². The van der Waals surface area contributed by atoms with Gasteiger partial charge in [0.15, 0.2) is 0 Å². The van der Waals surface area contributed by atoms with Crippen molar-refractivity contribution in [1.82, 2.24) is 10.2 Å². The maximum Gasteiger partial charge on any atom is 0.324 e.